The van der Waals surface area contributed by atoms with E-state index in [1.807, 2.05) is 73.3 Å². The number of hydrogen-bond donors (Lipinski definition) is 1. The van der Waals surface area contributed by atoms with Crippen molar-refractivity contribution in [2.75, 3.05) is 13.1 Å². The van der Waals surface area contributed by atoms with E-state index in [0.29, 0.717) is 29.5 Å². The van der Waals surface area contributed by atoms with Crippen LogP contribution in [0.3, 0.4) is 0 Å². The molecule has 1 N–H and O–H groups in total. The van der Waals surface area contributed by atoms with Crippen LogP contribution in [0.4, 0.5) is 0 Å². The van der Waals surface area contributed by atoms with Crippen molar-refractivity contribution in [3.63, 3.8) is 0 Å². The van der Waals surface area contributed by atoms with Crippen molar-refractivity contribution in [1.29, 1.82) is 0 Å². The van der Waals surface area contributed by atoms with E-state index in [-0.39, 0.29) is 23.7 Å². The van der Waals surface area contributed by atoms with Crippen LogP contribution >= 0.6 is 22.9 Å². The number of piperidine rings is 1. The molecule has 2 amide bonds. The molecule has 0 saturated carbocycles. The highest BCUT2D eigenvalue weighted by molar-refractivity contribution is 7.17. The van der Waals surface area contributed by atoms with E-state index in [4.69, 9.17) is 11.6 Å². The number of amides is 2. The van der Waals surface area contributed by atoms with Crippen LogP contribution in [0.25, 0.3) is 10.6 Å². The minimum atomic E-state index is -0.101. The Labute approximate surface area is 203 Å². The molecular formula is C26H28ClN3O2S. The van der Waals surface area contributed by atoms with Gasteiger partial charge in [0.25, 0.3) is 5.91 Å². The first kappa shape index (κ1) is 23.5. The number of aryl methyl sites for hydroxylation is 1. The second kappa shape index (κ2) is 10.5. The molecule has 0 radical (unpaired) electrons. The average molecular weight is 482 g/mol. The molecule has 2 heterocycles. The molecule has 3 aromatic rings. The van der Waals surface area contributed by atoms with Gasteiger partial charge in [0.15, 0.2) is 0 Å². The Bertz CT molecular complexity index is 1120. The summed E-state index contributed by atoms with van der Waals surface area (Å²) in [6.45, 7) is 5.67. The zero-order chi connectivity index (χ0) is 23.4. The van der Waals surface area contributed by atoms with Crippen LogP contribution in [0.15, 0.2) is 54.6 Å². The number of carbonyl (C=O) groups is 2. The predicted octanol–water partition coefficient (Wildman–Crippen LogP) is 5.58. The average Bonchev–Trinajstić information content (AvgIpc) is 3.24. The largest absolute Gasteiger partial charge is 0.352 e. The molecule has 1 atom stereocenters. The first-order valence-corrected chi connectivity index (χ1v) is 12.5. The van der Waals surface area contributed by atoms with Crippen LogP contribution in [0, 0.1) is 18.8 Å². The standard InChI is InChI=1S/C26H28ClN3O2S/c1-17(24(31)28-16-19-7-6-10-22(27)15-19)20-11-13-30(14-12-20)26(32)23-18(2)29-25(33-23)21-8-4-3-5-9-21/h3-10,15,17,20H,11-14,16H2,1-2H3,(H,28,31)/t17-/m0/s1. The van der Waals surface area contributed by atoms with E-state index >= 15 is 0 Å². The Kier molecular flexibility index (Phi) is 7.46. The first-order valence-electron chi connectivity index (χ1n) is 11.3. The van der Waals surface area contributed by atoms with E-state index in [2.05, 4.69) is 10.3 Å². The van der Waals surface area contributed by atoms with E-state index in [1.54, 1.807) is 0 Å². The van der Waals surface area contributed by atoms with Crippen molar-refractivity contribution in [1.82, 2.24) is 15.2 Å². The maximum absolute atomic E-state index is 13.2. The minimum Gasteiger partial charge on any atom is -0.352 e. The highest BCUT2D eigenvalue weighted by Gasteiger charge is 2.31. The van der Waals surface area contributed by atoms with Crippen molar-refractivity contribution in [2.45, 2.75) is 33.2 Å². The topological polar surface area (TPSA) is 62.3 Å². The summed E-state index contributed by atoms with van der Waals surface area (Å²) in [7, 11) is 0. The van der Waals surface area contributed by atoms with Crippen molar-refractivity contribution in [3.8, 4) is 10.6 Å². The molecule has 0 spiro atoms. The number of rotatable bonds is 6. The maximum Gasteiger partial charge on any atom is 0.265 e. The molecule has 1 fully saturated rings. The number of benzene rings is 2. The summed E-state index contributed by atoms with van der Waals surface area (Å²) in [5.74, 6) is 0.251. The van der Waals surface area contributed by atoms with Crippen LogP contribution in [-0.2, 0) is 11.3 Å². The summed E-state index contributed by atoms with van der Waals surface area (Å²) in [4.78, 5) is 33.1. The Morgan fingerprint density at radius 3 is 2.58 bits per heavy atom. The summed E-state index contributed by atoms with van der Waals surface area (Å²) in [6.07, 6.45) is 1.64. The number of thiazole rings is 1. The van der Waals surface area contributed by atoms with Crippen molar-refractivity contribution in [3.05, 3.63) is 75.8 Å². The molecular weight excluding hydrogens is 454 g/mol. The van der Waals surface area contributed by atoms with E-state index < -0.39 is 0 Å². The van der Waals surface area contributed by atoms with Gasteiger partial charge in [0.2, 0.25) is 5.91 Å². The SMILES string of the molecule is Cc1nc(-c2ccccc2)sc1C(=O)N1CCC([C@H](C)C(=O)NCc2cccc(Cl)c2)CC1. The van der Waals surface area contributed by atoms with Gasteiger partial charge in [0.05, 0.1) is 5.69 Å². The highest BCUT2D eigenvalue weighted by Crippen LogP contribution is 2.31. The van der Waals surface area contributed by atoms with Crippen LogP contribution in [0.1, 0.15) is 40.7 Å². The molecule has 1 saturated heterocycles. The van der Waals surface area contributed by atoms with Crippen molar-refractivity contribution in [2.24, 2.45) is 11.8 Å². The maximum atomic E-state index is 13.2. The fraction of sp³-hybridized carbons (Fsp3) is 0.346. The Morgan fingerprint density at radius 1 is 1.15 bits per heavy atom. The van der Waals surface area contributed by atoms with Crippen LogP contribution in [0.2, 0.25) is 5.02 Å². The lowest BCUT2D eigenvalue weighted by Gasteiger charge is -2.34. The number of likely N-dealkylation sites (tertiary alicyclic amines) is 1. The molecule has 1 aromatic heterocycles. The first-order chi connectivity index (χ1) is 15.9. The number of halogens is 1. The lowest BCUT2D eigenvalue weighted by Crippen LogP contribution is -2.42. The Hall–Kier alpha value is -2.70. The van der Waals surface area contributed by atoms with E-state index in [9.17, 15) is 9.59 Å². The van der Waals surface area contributed by atoms with Gasteiger partial charge in [0, 0.05) is 36.1 Å². The molecule has 172 valence electrons. The van der Waals surface area contributed by atoms with Gasteiger partial charge in [-0.15, -0.1) is 11.3 Å². The summed E-state index contributed by atoms with van der Waals surface area (Å²) in [5, 5.41) is 4.56. The number of aromatic nitrogens is 1. The summed E-state index contributed by atoms with van der Waals surface area (Å²) in [5.41, 5.74) is 2.79. The highest BCUT2D eigenvalue weighted by atomic mass is 35.5. The lowest BCUT2D eigenvalue weighted by molar-refractivity contribution is -0.126. The monoisotopic (exact) mass is 481 g/mol. The smallest absolute Gasteiger partial charge is 0.265 e. The minimum absolute atomic E-state index is 0.0451. The predicted molar refractivity (Wildman–Crippen MR) is 133 cm³/mol. The third-order valence-corrected chi connectivity index (χ3v) is 7.74. The Morgan fingerprint density at radius 2 is 1.88 bits per heavy atom. The zero-order valence-electron chi connectivity index (χ0n) is 18.9. The molecule has 33 heavy (non-hydrogen) atoms. The van der Waals surface area contributed by atoms with Crippen LogP contribution < -0.4 is 5.32 Å². The van der Waals surface area contributed by atoms with Gasteiger partial charge < -0.3 is 10.2 Å². The van der Waals surface area contributed by atoms with Gasteiger partial charge in [-0.2, -0.15) is 0 Å². The molecule has 1 aliphatic rings. The zero-order valence-corrected chi connectivity index (χ0v) is 20.5. The van der Waals surface area contributed by atoms with E-state index in [0.717, 1.165) is 34.7 Å². The third kappa shape index (κ3) is 5.63. The Balaban J connectivity index is 1.31. The van der Waals surface area contributed by atoms with Gasteiger partial charge in [-0.3, -0.25) is 9.59 Å². The summed E-state index contributed by atoms with van der Waals surface area (Å²) < 4.78 is 0. The van der Waals surface area contributed by atoms with E-state index in [1.165, 1.54) is 11.3 Å². The summed E-state index contributed by atoms with van der Waals surface area (Å²) >= 11 is 7.48. The molecule has 2 aromatic carbocycles. The molecule has 0 unspecified atom stereocenters. The van der Waals surface area contributed by atoms with Crippen LogP contribution in [-0.4, -0.2) is 34.8 Å². The van der Waals surface area contributed by atoms with Gasteiger partial charge in [0.1, 0.15) is 9.88 Å². The quantitative estimate of drug-likeness (QED) is 0.500. The molecule has 1 aliphatic heterocycles. The number of carbonyl (C=O) groups excluding carboxylic acids is 2. The molecule has 5 nitrogen and oxygen atoms in total. The number of hydrogen-bond acceptors (Lipinski definition) is 4. The fourth-order valence-corrected chi connectivity index (χ4v) is 5.51. The van der Waals surface area contributed by atoms with Gasteiger partial charge in [-0.05, 0) is 43.4 Å². The van der Waals surface area contributed by atoms with Crippen molar-refractivity contribution >= 4 is 34.8 Å². The second-order valence-corrected chi connectivity index (χ2v) is 10.0. The lowest BCUT2D eigenvalue weighted by atomic mass is 9.84. The fourth-order valence-electron chi connectivity index (χ4n) is 4.26. The van der Waals surface area contributed by atoms with Gasteiger partial charge >= 0.3 is 0 Å². The van der Waals surface area contributed by atoms with Crippen molar-refractivity contribution < 1.29 is 9.59 Å². The number of nitrogens with one attached hydrogen (secondary N) is 1. The third-order valence-electron chi connectivity index (χ3n) is 6.31. The normalized spacial score (nSPS) is 15.3. The molecule has 4 rings (SSSR count). The molecule has 7 heteroatoms. The summed E-state index contributed by atoms with van der Waals surface area (Å²) in [6, 6.07) is 17.5. The molecule has 0 aliphatic carbocycles. The van der Waals surface area contributed by atoms with Crippen LogP contribution in [0.5, 0.6) is 0 Å². The van der Waals surface area contributed by atoms with Gasteiger partial charge in [-0.1, -0.05) is 61.0 Å². The van der Waals surface area contributed by atoms with Gasteiger partial charge in [-0.25, -0.2) is 4.98 Å². The second-order valence-electron chi connectivity index (χ2n) is 8.57. The molecule has 0 bridgehead atoms. The number of nitrogens with zero attached hydrogens (tertiary/aromatic N) is 2.